The molecule has 1 fully saturated rings. The molecule has 0 bridgehead atoms. The molecule has 1 atom stereocenters. The average molecular weight is 443 g/mol. The Morgan fingerprint density at radius 3 is 2.52 bits per heavy atom. The molecule has 8 nitrogen and oxygen atoms in total. The number of rotatable bonds is 5. The van der Waals surface area contributed by atoms with E-state index in [1.54, 1.807) is 31.4 Å². The lowest BCUT2D eigenvalue weighted by Gasteiger charge is -2.34. The van der Waals surface area contributed by atoms with E-state index in [2.05, 4.69) is 10.3 Å². The van der Waals surface area contributed by atoms with Crippen LogP contribution in [0.5, 0.6) is 5.75 Å². The Bertz CT molecular complexity index is 980. The van der Waals surface area contributed by atoms with Gasteiger partial charge in [0.05, 0.1) is 18.7 Å². The van der Waals surface area contributed by atoms with Crippen molar-refractivity contribution in [1.29, 1.82) is 0 Å². The van der Waals surface area contributed by atoms with Gasteiger partial charge in [-0.25, -0.2) is 4.98 Å². The number of nitrogens with one attached hydrogen (secondary N) is 1. The number of likely N-dealkylation sites (tertiary alicyclic amines) is 1. The highest BCUT2D eigenvalue weighted by Crippen LogP contribution is 2.38. The number of nitrogens with two attached hydrogens (primary N) is 1. The highest BCUT2D eigenvalue weighted by molar-refractivity contribution is 7.16. The lowest BCUT2D eigenvalue weighted by Crippen LogP contribution is -2.44. The first-order valence-corrected chi connectivity index (χ1v) is 11.3. The fourth-order valence-corrected chi connectivity index (χ4v) is 5.29. The summed E-state index contributed by atoms with van der Waals surface area (Å²) in [5.41, 5.74) is 6.70. The van der Waals surface area contributed by atoms with Crippen LogP contribution in [0.25, 0.3) is 0 Å². The van der Waals surface area contributed by atoms with Crippen molar-refractivity contribution in [3.63, 3.8) is 0 Å². The molecule has 0 unspecified atom stereocenters. The zero-order valence-electron chi connectivity index (χ0n) is 17.4. The number of primary amides is 1. The van der Waals surface area contributed by atoms with Gasteiger partial charge in [-0.1, -0.05) is 0 Å². The van der Waals surface area contributed by atoms with Gasteiger partial charge in [0.25, 0.3) is 5.91 Å². The lowest BCUT2D eigenvalue weighted by atomic mass is 9.88. The fraction of sp³-hybridized carbons (Fsp3) is 0.455. The van der Waals surface area contributed by atoms with Crippen molar-refractivity contribution >= 4 is 34.2 Å². The second-order valence-electron chi connectivity index (χ2n) is 7.96. The zero-order valence-corrected chi connectivity index (χ0v) is 18.2. The molecule has 1 aromatic heterocycles. The van der Waals surface area contributed by atoms with Crippen LogP contribution < -0.4 is 15.8 Å². The van der Waals surface area contributed by atoms with Crippen LogP contribution in [0.15, 0.2) is 24.3 Å². The predicted molar refractivity (Wildman–Crippen MR) is 117 cm³/mol. The number of carbonyl (C=O) groups excluding carboxylic acids is 3. The maximum absolute atomic E-state index is 13.2. The molecule has 2 aromatic rings. The Kier molecular flexibility index (Phi) is 6.22. The number of fused-ring (bicyclic) bond motifs is 1. The molecule has 2 aliphatic rings. The molecule has 1 aromatic carbocycles. The largest absolute Gasteiger partial charge is 0.497 e. The summed E-state index contributed by atoms with van der Waals surface area (Å²) in [4.78, 5) is 44.7. The van der Waals surface area contributed by atoms with E-state index in [4.69, 9.17) is 10.5 Å². The molecule has 3 amide bonds. The van der Waals surface area contributed by atoms with Crippen molar-refractivity contribution < 1.29 is 19.1 Å². The van der Waals surface area contributed by atoms with Gasteiger partial charge in [-0.15, -0.1) is 11.3 Å². The smallest absolute Gasteiger partial charge is 0.257 e. The molecule has 4 rings (SSSR count). The summed E-state index contributed by atoms with van der Waals surface area (Å²) < 4.78 is 5.12. The third-order valence-electron chi connectivity index (χ3n) is 6.03. The minimum Gasteiger partial charge on any atom is -0.497 e. The van der Waals surface area contributed by atoms with Crippen molar-refractivity contribution in [1.82, 2.24) is 9.88 Å². The molecule has 1 saturated heterocycles. The van der Waals surface area contributed by atoms with E-state index < -0.39 is 0 Å². The molecule has 164 valence electrons. The van der Waals surface area contributed by atoms with Gasteiger partial charge in [-0.05, 0) is 56.4 Å². The van der Waals surface area contributed by atoms with Crippen molar-refractivity contribution in [2.24, 2.45) is 11.7 Å². The SMILES string of the molecule is COc1ccc(C(=O)Nc2nc3c(s2)CCC[C@@H]3C(=O)N2CCC(C(N)=O)CC2)cc1. The first-order valence-electron chi connectivity index (χ1n) is 10.5. The monoisotopic (exact) mass is 442 g/mol. The van der Waals surface area contributed by atoms with Crippen molar-refractivity contribution in [3.8, 4) is 5.75 Å². The van der Waals surface area contributed by atoms with Crippen LogP contribution in [0.1, 0.15) is 52.5 Å². The molecule has 2 heterocycles. The average Bonchev–Trinajstić information content (AvgIpc) is 3.21. The van der Waals surface area contributed by atoms with Gasteiger partial charge in [0.1, 0.15) is 5.75 Å². The van der Waals surface area contributed by atoms with E-state index in [1.165, 1.54) is 11.3 Å². The van der Waals surface area contributed by atoms with E-state index in [-0.39, 0.29) is 29.6 Å². The number of benzene rings is 1. The summed E-state index contributed by atoms with van der Waals surface area (Å²) in [5, 5.41) is 3.37. The molecule has 31 heavy (non-hydrogen) atoms. The maximum Gasteiger partial charge on any atom is 0.257 e. The molecule has 0 saturated carbocycles. The number of ether oxygens (including phenoxy) is 1. The Morgan fingerprint density at radius 1 is 1.16 bits per heavy atom. The highest BCUT2D eigenvalue weighted by atomic mass is 32.1. The number of hydrogen-bond acceptors (Lipinski definition) is 6. The second kappa shape index (κ2) is 9.05. The van der Waals surface area contributed by atoms with E-state index in [1.807, 2.05) is 4.90 Å². The quantitative estimate of drug-likeness (QED) is 0.739. The van der Waals surface area contributed by atoms with E-state index in [0.717, 1.165) is 29.8 Å². The minimum absolute atomic E-state index is 0.0576. The van der Waals surface area contributed by atoms with Crippen LogP contribution in [-0.4, -0.2) is 47.8 Å². The summed E-state index contributed by atoms with van der Waals surface area (Å²) in [6.45, 7) is 1.09. The van der Waals surface area contributed by atoms with Crippen molar-refractivity contribution in [2.75, 3.05) is 25.5 Å². The van der Waals surface area contributed by atoms with Gasteiger partial charge in [-0.3, -0.25) is 19.7 Å². The van der Waals surface area contributed by atoms with Crippen LogP contribution in [0.4, 0.5) is 5.13 Å². The number of aryl methyl sites for hydroxylation is 1. The van der Waals surface area contributed by atoms with Crippen molar-refractivity contribution in [3.05, 3.63) is 40.4 Å². The van der Waals surface area contributed by atoms with Gasteiger partial charge in [0.2, 0.25) is 11.8 Å². The first kappa shape index (κ1) is 21.3. The normalized spacial score (nSPS) is 18.9. The van der Waals surface area contributed by atoms with Crippen LogP contribution >= 0.6 is 11.3 Å². The lowest BCUT2D eigenvalue weighted by molar-refractivity contribution is -0.136. The van der Waals surface area contributed by atoms with E-state index in [0.29, 0.717) is 42.4 Å². The van der Waals surface area contributed by atoms with Gasteiger partial charge in [-0.2, -0.15) is 0 Å². The highest BCUT2D eigenvalue weighted by Gasteiger charge is 2.35. The molecule has 1 aliphatic carbocycles. The first-order chi connectivity index (χ1) is 15.0. The molecule has 9 heteroatoms. The molecule has 1 aliphatic heterocycles. The number of anilines is 1. The summed E-state index contributed by atoms with van der Waals surface area (Å²) >= 11 is 1.44. The number of hydrogen-bond donors (Lipinski definition) is 2. The van der Waals surface area contributed by atoms with E-state index >= 15 is 0 Å². The number of carbonyl (C=O) groups is 3. The molecule has 0 radical (unpaired) electrons. The summed E-state index contributed by atoms with van der Waals surface area (Å²) in [5.74, 6) is -0.236. The number of piperidine rings is 1. The van der Waals surface area contributed by atoms with Crippen LogP contribution in [0.2, 0.25) is 0 Å². The Hall–Kier alpha value is -2.94. The zero-order chi connectivity index (χ0) is 22.0. The molecule has 0 spiro atoms. The third-order valence-corrected chi connectivity index (χ3v) is 7.08. The van der Waals surface area contributed by atoms with Crippen LogP contribution in [0, 0.1) is 5.92 Å². The molecular weight excluding hydrogens is 416 g/mol. The van der Waals surface area contributed by atoms with Gasteiger partial charge in [0.15, 0.2) is 5.13 Å². The van der Waals surface area contributed by atoms with Crippen LogP contribution in [-0.2, 0) is 16.0 Å². The topological polar surface area (TPSA) is 115 Å². The molecular formula is C22H26N4O4S. The number of amides is 3. The minimum atomic E-state index is -0.295. The Balaban J connectivity index is 1.45. The Labute approximate surface area is 184 Å². The maximum atomic E-state index is 13.2. The molecule has 3 N–H and O–H groups in total. The Morgan fingerprint density at radius 2 is 1.87 bits per heavy atom. The third kappa shape index (κ3) is 4.56. The van der Waals surface area contributed by atoms with Crippen molar-refractivity contribution in [2.45, 2.75) is 38.0 Å². The summed E-state index contributed by atoms with van der Waals surface area (Å²) in [6, 6.07) is 6.86. The van der Waals surface area contributed by atoms with Gasteiger partial charge in [0, 0.05) is 29.4 Å². The number of methoxy groups -OCH3 is 1. The number of aromatic nitrogens is 1. The number of thiazole rings is 1. The predicted octanol–water partition coefficient (Wildman–Crippen LogP) is 2.55. The van der Waals surface area contributed by atoms with Gasteiger partial charge >= 0.3 is 0 Å². The van der Waals surface area contributed by atoms with Crippen LogP contribution in [0.3, 0.4) is 0 Å². The number of nitrogens with zero attached hydrogens (tertiary/aromatic N) is 2. The summed E-state index contributed by atoms with van der Waals surface area (Å²) in [6.07, 6.45) is 3.74. The van der Waals surface area contributed by atoms with Gasteiger partial charge < -0.3 is 15.4 Å². The second-order valence-corrected chi connectivity index (χ2v) is 9.04. The van der Waals surface area contributed by atoms with E-state index in [9.17, 15) is 14.4 Å². The standard InChI is InChI=1S/C22H26N4O4S/c1-30-15-7-5-14(6-8-15)20(28)25-22-24-18-16(3-2-4-17(18)31-22)21(29)26-11-9-13(10-12-26)19(23)27/h5-8,13,16H,2-4,9-12H2,1H3,(H2,23,27)(H,24,25,28)/t16-/m0/s1. The fourth-order valence-electron chi connectivity index (χ4n) is 4.23. The summed E-state index contributed by atoms with van der Waals surface area (Å²) in [7, 11) is 1.58.